The molecule has 0 fully saturated rings. The van der Waals surface area contributed by atoms with Gasteiger partial charge in [-0.25, -0.2) is 4.98 Å². The highest BCUT2D eigenvalue weighted by Gasteiger charge is 2.52. The molecule has 2 nitrogen and oxygen atoms in total. The third kappa shape index (κ3) is 4.24. The molecule has 0 amide bonds. The number of hydrogen-bond donors (Lipinski definition) is 0. The molecule has 0 unspecified atom stereocenters. The Morgan fingerprint density at radius 1 is 0.362 bits per heavy atom. The normalized spacial score (nSPS) is 13.3. The van der Waals surface area contributed by atoms with Crippen LogP contribution < -0.4 is 0 Å². The Hall–Kier alpha value is -7.55. The fraction of sp³-hybridized carbons (Fsp3) is 0.0179. The average Bonchev–Trinajstić information content (AvgIpc) is 3.96. The first-order valence-electron chi connectivity index (χ1n) is 20.0. The summed E-state index contributed by atoms with van der Waals surface area (Å²) >= 11 is 0. The molecule has 0 saturated carbocycles. The Bertz CT molecular complexity index is 3470. The van der Waals surface area contributed by atoms with Gasteiger partial charge in [0.05, 0.1) is 5.41 Å². The second-order valence-electron chi connectivity index (χ2n) is 15.8. The van der Waals surface area contributed by atoms with E-state index in [2.05, 4.69) is 170 Å². The van der Waals surface area contributed by atoms with Crippen molar-refractivity contribution in [1.82, 2.24) is 4.98 Å². The molecule has 0 aliphatic heterocycles. The maximum absolute atomic E-state index is 6.55. The fourth-order valence-electron chi connectivity index (χ4n) is 10.4. The van der Waals surface area contributed by atoms with Gasteiger partial charge in [0.1, 0.15) is 5.52 Å². The van der Waals surface area contributed by atoms with Gasteiger partial charge in [0, 0.05) is 10.9 Å². The van der Waals surface area contributed by atoms with E-state index >= 15 is 0 Å². The quantitative estimate of drug-likeness (QED) is 0.169. The zero-order chi connectivity index (χ0) is 38.0. The van der Waals surface area contributed by atoms with E-state index < -0.39 is 5.41 Å². The number of benzene rings is 10. The summed E-state index contributed by atoms with van der Waals surface area (Å²) in [6.45, 7) is 0. The standard InChI is InChI=1S/C56H33NO/c1-2-12-37(13-3-1)55-57-51-30-27-36-23-21-35-22-24-40(32-47(35)52(36)54(51)58-55)38-14-10-15-39(31-38)41-26-28-45-46-29-25-34-11-4-5-16-42(34)53(46)56(50(45)33-41)48-19-8-6-17-43(48)44-18-7-9-20-49(44)56/h1-33H. The summed E-state index contributed by atoms with van der Waals surface area (Å²) in [7, 11) is 0. The topological polar surface area (TPSA) is 26.0 Å². The molecule has 0 N–H and O–H groups in total. The van der Waals surface area contributed by atoms with E-state index in [1.165, 1.54) is 77.4 Å². The highest BCUT2D eigenvalue weighted by Crippen LogP contribution is 2.64. The number of oxazole rings is 1. The van der Waals surface area contributed by atoms with Crippen LogP contribution in [-0.4, -0.2) is 4.98 Å². The third-order valence-corrected chi connectivity index (χ3v) is 12.9. The van der Waals surface area contributed by atoms with Gasteiger partial charge in [-0.1, -0.05) is 164 Å². The lowest BCUT2D eigenvalue weighted by molar-refractivity contribution is 0.623. The molecular formula is C56H33NO. The first-order chi connectivity index (χ1) is 28.7. The van der Waals surface area contributed by atoms with Crippen LogP contribution in [0.5, 0.6) is 0 Å². The molecule has 268 valence electrons. The zero-order valence-electron chi connectivity index (χ0n) is 31.4. The van der Waals surface area contributed by atoms with Crippen molar-refractivity contribution in [2.45, 2.75) is 5.41 Å². The Morgan fingerprint density at radius 2 is 0.931 bits per heavy atom. The van der Waals surface area contributed by atoms with Gasteiger partial charge < -0.3 is 4.42 Å². The van der Waals surface area contributed by atoms with Crippen molar-refractivity contribution in [3.8, 4) is 56.0 Å². The second-order valence-corrected chi connectivity index (χ2v) is 15.8. The minimum atomic E-state index is -0.432. The van der Waals surface area contributed by atoms with Crippen LogP contribution in [0.25, 0.3) is 99.4 Å². The maximum atomic E-state index is 6.55. The minimum absolute atomic E-state index is 0.432. The van der Waals surface area contributed by atoms with E-state index in [1.54, 1.807) is 0 Å². The lowest BCUT2D eigenvalue weighted by atomic mass is 9.69. The number of nitrogens with zero attached hydrogens (tertiary/aromatic N) is 1. The molecule has 2 aliphatic carbocycles. The third-order valence-electron chi connectivity index (χ3n) is 12.9. The molecule has 0 saturated heterocycles. The molecule has 1 aromatic heterocycles. The van der Waals surface area contributed by atoms with Crippen LogP contribution in [0.15, 0.2) is 205 Å². The fourth-order valence-corrected chi connectivity index (χ4v) is 10.4. The number of fused-ring (bicyclic) bond motifs is 17. The predicted octanol–water partition coefficient (Wildman–Crippen LogP) is 14.6. The van der Waals surface area contributed by atoms with Crippen LogP contribution in [0.1, 0.15) is 22.3 Å². The van der Waals surface area contributed by atoms with E-state index in [9.17, 15) is 0 Å². The van der Waals surface area contributed by atoms with Crippen LogP contribution in [0.2, 0.25) is 0 Å². The molecule has 13 rings (SSSR count). The van der Waals surface area contributed by atoms with Gasteiger partial charge in [-0.05, 0) is 130 Å². The van der Waals surface area contributed by atoms with Gasteiger partial charge in [-0.2, -0.15) is 0 Å². The molecular weight excluding hydrogens is 703 g/mol. The predicted molar refractivity (Wildman–Crippen MR) is 239 cm³/mol. The van der Waals surface area contributed by atoms with Gasteiger partial charge in [0.2, 0.25) is 5.89 Å². The number of hydrogen-bond acceptors (Lipinski definition) is 2. The summed E-state index contributed by atoms with van der Waals surface area (Å²) in [5, 5.41) is 7.14. The average molecular weight is 736 g/mol. The van der Waals surface area contributed by atoms with Crippen molar-refractivity contribution < 1.29 is 4.42 Å². The van der Waals surface area contributed by atoms with E-state index in [1.807, 2.05) is 30.3 Å². The van der Waals surface area contributed by atoms with Crippen LogP contribution in [0.4, 0.5) is 0 Å². The summed E-state index contributed by atoms with van der Waals surface area (Å²) in [5.41, 5.74) is 17.7. The van der Waals surface area contributed by atoms with Crippen molar-refractivity contribution in [2.24, 2.45) is 0 Å². The lowest BCUT2D eigenvalue weighted by Crippen LogP contribution is -2.26. The van der Waals surface area contributed by atoms with Crippen molar-refractivity contribution in [3.05, 3.63) is 222 Å². The van der Waals surface area contributed by atoms with Crippen molar-refractivity contribution in [1.29, 1.82) is 0 Å². The van der Waals surface area contributed by atoms with E-state index in [0.29, 0.717) is 5.89 Å². The highest BCUT2D eigenvalue weighted by atomic mass is 16.3. The van der Waals surface area contributed by atoms with Gasteiger partial charge >= 0.3 is 0 Å². The molecule has 2 aliphatic rings. The molecule has 1 heterocycles. The smallest absolute Gasteiger partial charge is 0.227 e. The first kappa shape index (κ1) is 31.6. The first-order valence-corrected chi connectivity index (χ1v) is 20.0. The summed E-state index contributed by atoms with van der Waals surface area (Å²) in [5.74, 6) is 0.640. The monoisotopic (exact) mass is 735 g/mol. The van der Waals surface area contributed by atoms with Crippen LogP contribution in [0.3, 0.4) is 0 Å². The van der Waals surface area contributed by atoms with Gasteiger partial charge in [-0.15, -0.1) is 0 Å². The summed E-state index contributed by atoms with van der Waals surface area (Å²) < 4.78 is 6.55. The van der Waals surface area contributed by atoms with E-state index in [4.69, 9.17) is 9.40 Å². The highest BCUT2D eigenvalue weighted by molar-refractivity contribution is 6.18. The molecule has 0 atom stereocenters. The second kappa shape index (κ2) is 11.7. The lowest BCUT2D eigenvalue weighted by Gasteiger charge is -2.31. The van der Waals surface area contributed by atoms with Crippen molar-refractivity contribution in [3.63, 3.8) is 0 Å². The van der Waals surface area contributed by atoms with Crippen LogP contribution in [0, 0.1) is 0 Å². The summed E-state index contributed by atoms with van der Waals surface area (Å²) in [6.07, 6.45) is 0. The van der Waals surface area contributed by atoms with Gasteiger partial charge in [-0.3, -0.25) is 0 Å². The maximum Gasteiger partial charge on any atom is 0.227 e. The molecule has 11 aromatic rings. The number of rotatable bonds is 3. The van der Waals surface area contributed by atoms with Crippen LogP contribution >= 0.6 is 0 Å². The molecule has 10 aromatic carbocycles. The summed E-state index contributed by atoms with van der Waals surface area (Å²) in [6, 6.07) is 73.5. The largest absolute Gasteiger partial charge is 0.435 e. The SMILES string of the molecule is c1ccc(-c2nc3ccc4ccc5ccc(-c6cccc(-c7ccc8c(c7)C7(c9ccccc9-c9ccccc97)c7c-8ccc8ccccc78)c6)cc5c4c3o2)cc1. The zero-order valence-corrected chi connectivity index (χ0v) is 31.4. The molecule has 0 bridgehead atoms. The van der Waals surface area contributed by atoms with Gasteiger partial charge in [0.25, 0.3) is 0 Å². The molecule has 2 heteroatoms. The molecule has 1 spiro atoms. The number of aromatic nitrogens is 1. The Labute approximate surface area is 335 Å². The van der Waals surface area contributed by atoms with Crippen molar-refractivity contribution >= 4 is 43.4 Å². The minimum Gasteiger partial charge on any atom is -0.435 e. The van der Waals surface area contributed by atoms with Crippen LogP contribution in [-0.2, 0) is 5.41 Å². The Balaban J connectivity index is 0.993. The summed E-state index contributed by atoms with van der Waals surface area (Å²) in [4.78, 5) is 4.90. The Kier molecular flexibility index (Phi) is 6.40. The van der Waals surface area contributed by atoms with Crippen molar-refractivity contribution in [2.75, 3.05) is 0 Å². The van der Waals surface area contributed by atoms with E-state index in [-0.39, 0.29) is 0 Å². The van der Waals surface area contributed by atoms with Gasteiger partial charge in [0.15, 0.2) is 5.58 Å². The molecule has 0 radical (unpaired) electrons. The van der Waals surface area contributed by atoms with E-state index in [0.717, 1.165) is 38.4 Å². The Morgan fingerprint density at radius 3 is 1.76 bits per heavy atom. The molecule has 58 heavy (non-hydrogen) atoms.